The Morgan fingerprint density at radius 1 is 1.38 bits per heavy atom. The minimum absolute atomic E-state index is 0.369. The average Bonchev–Trinajstić information content (AvgIpc) is 2.42. The number of likely N-dealkylation sites (tertiary alicyclic amines) is 1. The van der Waals surface area contributed by atoms with E-state index in [1.165, 1.54) is 11.1 Å². The van der Waals surface area contributed by atoms with Crippen molar-refractivity contribution < 1.29 is 4.74 Å². The molecule has 3 nitrogen and oxygen atoms in total. The average molecular weight is 290 g/mol. The minimum atomic E-state index is 0.369. The number of nitrogens with zero attached hydrogens (tertiary/aromatic N) is 1. The molecule has 0 bridgehead atoms. The molecule has 0 aromatic heterocycles. The molecule has 118 valence electrons. The smallest absolute Gasteiger partial charge is 0.119 e. The Balaban J connectivity index is 1.80. The summed E-state index contributed by atoms with van der Waals surface area (Å²) in [4.78, 5) is 2.46. The quantitative estimate of drug-likeness (QED) is 0.905. The standard InChI is InChI=1S/C18H30N2O/c1-13(2)17-6-5-16(11-14(17)3)21-10-9-20-8-7-18(19)15(4)12-20/h5-6,11,13,15,18H,7-10,12,19H2,1-4H3. The van der Waals surface area contributed by atoms with E-state index in [9.17, 15) is 0 Å². The maximum absolute atomic E-state index is 6.06. The van der Waals surface area contributed by atoms with Crippen LogP contribution < -0.4 is 10.5 Å². The van der Waals surface area contributed by atoms with Crippen molar-refractivity contribution in [3.63, 3.8) is 0 Å². The molecule has 0 radical (unpaired) electrons. The summed E-state index contributed by atoms with van der Waals surface area (Å²) in [5.74, 6) is 2.14. The number of ether oxygens (including phenoxy) is 1. The van der Waals surface area contributed by atoms with Crippen LogP contribution in [0.2, 0.25) is 0 Å². The second-order valence-corrected chi connectivity index (χ2v) is 6.75. The van der Waals surface area contributed by atoms with Gasteiger partial charge in [-0.3, -0.25) is 4.90 Å². The fourth-order valence-electron chi connectivity index (χ4n) is 3.13. The first-order valence-corrected chi connectivity index (χ1v) is 8.18. The zero-order valence-electron chi connectivity index (χ0n) is 13.9. The van der Waals surface area contributed by atoms with Crippen LogP contribution in [0.15, 0.2) is 18.2 Å². The third kappa shape index (κ3) is 4.45. The molecule has 0 aliphatic carbocycles. The third-order valence-electron chi connectivity index (χ3n) is 4.60. The molecule has 1 aliphatic rings. The van der Waals surface area contributed by atoms with Gasteiger partial charge in [-0.2, -0.15) is 0 Å². The summed E-state index contributed by atoms with van der Waals surface area (Å²) in [6.45, 7) is 12.8. The number of aryl methyl sites for hydroxylation is 1. The highest BCUT2D eigenvalue weighted by atomic mass is 16.5. The number of nitrogens with two attached hydrogens (primary N) is 1. The van der Waals surface area contributed by atoms with E-state index < -0.39 is 0 Å². The van der Waals surface area contributed by atoms with Crippen LogP contribution in [-0.4, -0.2) is 37.2 Å². The number of hydrogen-bond acceptors (Lipinski definition) is 3. The summed E-state index contributed by atoms with van der Waals surface area (Å²) in [5.41, 5.74) is 8.78. The van der Waals surface area contributed by atoms with Crippen molar-refractivity contribution in [3.8, 4) is 5.75 Å². The van der Waals surface area contributed by atoms with Crippen molar-refractivity contribution in [1.29, 1.82) is 0 Å². The molecule has 2 N–H and O–H groups in total. The molecular formula is C18H30N2O. The van der Waals surface area contributed by atoms with E-state index in [4.69, 9.17) is 10.5 Å². The Morgan fingerprint density at radius 3 is 2.76 bits per heavy atom. The fraction of sp³-hybridized carbons (Fsp3) is 0.667. The molecule has 1 aliphatic heterocycles. The van der Waals surface area contributed by atoms with E-state index in [1.807, 2.05) is 0 Å². The van der Waals surface area contributed by atoms with Gasteiger partial charge < -0.3 is 10.5 Å². The summed E-state index contributed by atoms with van der Waals surface area (Å²) in [6, 6.07) is 6.81. The van der Waals surface area contributed by atoms with E-state index in [2.05, 4.69) is 50.8 Å². The molecule has 2 unspecified atom stereocenters. The highest BCUT2D eigenvalue weighted by molar-refractivity contribution is 5.36. The number of benzene rings is 1. The predicted octanol–water partition coefficient (Wildman–Crippen LogP) is 3.17. The lowest BCUT2D eigenvalue weighted by Crippen LogP contribution is -2.46. The number of hydrogen-bond donors (Lipinski definition) is 1. The maximum Gasteiger partial charge on any atom is 0.119 e. The van der Waals surface area contributed by atoms with E-state index in [1.54, 1.807) is 0 Å². The van der Waals surface area contributed by atoms with Gasteiger partial charge in [-0.1, -0.05) is 26.8 Å². The molecule has 0 spiro atoms. The van der Waals surface area contributed by atoms with E-state index in [-0.39, 0.29) is 0 Å². The molecule has 2 rings (SSSR count). The number of rotatable bonds is 5. The minimum Gasteiger partial charge on any atom is -0.492 e. The molecule has 0 saturated carbocycles. The molecule has 1 heterocycles. The first kappa shape index (κ1) is 16.3. The first-order valence-electron chi connectivity index (χ1n) is 8.18. The van der Waals surface area contributed by atoms with Crippen LogP contribution in [0.4, 0.5) is 0 Å². The fourth-order valence-corrected chi connectivity index (χ4v) is 3.13. The van der Waals surface area contributed by atoms with Crippen molar-refractivity contribution in [2.75, 3.05) is 26.2 Å². The van der Waals surface area contributed by atoms with Crippen molar-refractivity contribution in [2.45, 2.75) is 46.1 Å². The Morgan fingerprint density at radius 2 is 2.14 bits per heavy atom. The topological polar surface area (TPSA) is 38.5 Å². The molecule has 2 atom stereocenters. The molecule has 3 heteroatoms. The molecular weight excluding hydrogens is 260 g/mol. The lowest BCUT2D eigenvalue weighted by molar-refractivity contribution is 0.140. The summed E-state index contributed by atoms with van der Waals surface area (Å²) in [5, 5.41) is 0. The van der Waals surface area contributed by atoms with Crippen LogP contribution in [0, 0.1) is 12.8 Å². The van der Waals surface area contributed by atoms with Gasteiger partial charge in [0.05, 0.1) is 0 Å². The van der Waals surface area contributed by atoms with Crippen LogP contribution in [0.1, 0.15) is 44.2 Å². The summed E-state index contributed by atoms with van der Waals surface area (Å²) in [6.07, 6.45) is 1.10. The van der Waals surface area contributed by atoms with Gasteiger partial charge in [-0.25, -0.2) is 0 Å². The normalized spacial score (nSPS) is 23.5. The second-order valence-electron chi connectivity index (χ2n) is 6.75. The zero-order chi connectivity index (χ0) is 15.4. The van der Waals surface area contributed by atoms with Crippen molar-refractivity contribution >= 4 is 0 Å². The highest BCUT2D eigenvalue weighted by Gasteiger charge is 2.22. The summed E-state index contributed by atoms with van der Waals surface area (Å²) < 4.78 is 5.91. The Kier molecular flexibility index (Phi) is 5.65. The zero-order valence-corrected chi connectivity index (χ0v) is 13.9. The third-order valence-corrected chi connectivity index (χ3v) is 4.60. The van der Waals surface area contributed by atoms with Crippen LogP contribution in [-0.2, 0) is 0 Å². The SMILES string of the molecule is Cc1cc(OCCN2CCC(N)C(C)C2)ccc1C(C)C. The lowest BCUT2D eigenvalue weighted by atomic mass is 9.95. The molecule has 21 heavy (non-hydrogen) atoms. The van der Waals surface area contributed by atoms with Crippen molar-refractivity contribution in [2.24, 2.45) is 11.7 Å². The Hall–Kier alpha value is -1.06. The van der Waals surface area contributed by atoms with Crippen LogP contribution in [0.25, 0.3) is 0 Å². The van der Waals surface area contributed by atoms with Crippen molar-refractivity contribution in [3.05, 3.63) is 29.3 Å². The lowest BCUT2D eigenvalue weighted by Gasteiger charge is -2.34. The Bertz CT molecular complexity index is 459. The van der Waals surface area contributed by atoms with Crippen LogP contribution in [0.3, 0.4) is 0 Å². The van der Waals surface area contributed by atoms with E-state index >= 15 is 0 Å². The second kappa shape index (κ2) is 7.28. The molecule has 0 amide bonds. The maximum atomic E-state index is 6.06. The van der Waals surface area contributed by atoms with Gasteiger partial charge in [-0.15, -0.1) is 0 Å². The molecule has 1 saturated heterocycles. The molecule has 1 aromatic rings. The monoisotopic (exact) mass is 290 g/mol. The van der Waals surface area contributed by atoms with E-state index in [0.717, 1.165) is 38.4 Å². The number of piperidine rings is 1. The van der Waals surface area contributed by atoms with Gasteiger partial charge in [0.25, 0.3) is 0 Å². The van der Waals surface area contributed by atoms with Gasteiger partial charge in [0, 0.05) is 19.1 Å². The van der Waals surface area contributed by atoms with Gasteiger partial charge in [-0.05, 0) is 55.0 Å². The van der Waals surface area contributed by atoms with Gasteiger partial charge in [0.15, 0.2) is 0 Å². The predicted molar refractivity (Wildman–Crippen MR) is 89.0 cm³/mol. The van der Waals surface area contributed by atoms with Crippen LogP contribution >= 0.6 is 0 Å². The van der Waals surface area contributed by atoms with Gasteiger partial charge in [0.1, 0.15) is 12.4 Å². The van der Waals surface area contributed by atoms with Crippen LogP contribution in [0.5, 0.6) is 5.75 Å². The molecule has 1 aromatic carbocycles. The first-order chi connectivity index (χ1) is 9.97. The Labute approximate surface area is 129 Å². The summed E-state index contributed by atoms with van der Waals surface area (Å²) in [7, 11) is 0. The molecule has 1 fully saturated rings. The van der Waals surface area contributed by atoms with Crippen molar-refractivity contribution in [1.82, 2.24) is 4.90 Å². The van der Waals surface area contributed by atoms with Gasteiger partial charge in [0.2, 0.25) is 0 Å². The largest absolute Gasteiger partial charge is 0.492 e. The highest BCUT2D eigenvalue weighted by Crippen LogP contribution is 2.23. The summed E-state index contributed by atoms with van der Waals surface area (Å²) >= 11 is 0. The van der Waals surface area contributed by atoms with E-state index in [0.29, 0.717) is 17.9 Å². The van der Waals surface area contributed by atoms with Gasteiger partial charge >= 0.3 is 0 Å².